The monoisotopic (exact) mass is 440 g/mol. The first kappa shape index (κ1) is 22.9. The standard InChI is InChI=1S/C17H18F6N4OS/c1-24-15(26-7-14-27-13(9-29-14)17(21,22)23)25-6-11-3-2-4-12(5-11)8-28-10-16(18,19)20/h2-5,9H,6-8,10H2,1H3,(H2,24,25,26). The number of benzene rings is 1. The molecule has 1 heterocycles. The molecular formula is C17H18F6N4OS. The van der Waals surface area contributed by atoms with Crippen LogP contribution in [-0.2, 0) is 30.6 Å². The highest BCUT2D eigenvalue weighted by atomic mass is 32.1. The van der Waals surface area contributed by atoms with Crippen LogP contribution in [0.15, 0.2) is 34.6 Å². The van der Waals surface area contributed by atoms with Crippen molar-refractivity contribution in [2.75, 3.05) is 13.7 Å². The van der Waals surface area contributed by atoms with E-state index < -0.39 is 24.7 Å². The minimum Gasteiger partial charge on any atom is -0.367 e. The summed E-state index contributed by atoms with van der Waals surface area (Å²) in [5.41, 5.74) is 0.417. The normalized spacial score (nSPS) is 12.9. The summed E-state index contributed by atoms with van der Waals surface area (Å²) in [6.07, 6.45) is -8.86. The molecule has 0 saturated carbocycles. The first-order valence-electron chi connectivity index (χ1n) is 8.25. The fraction of sp³-hybridized carbons (Fsp3) is 0.412. The van der Waals surface area contributed by atoms with E-state index in [1.165, 1.54) is 7.05 Å². The third kappa shape index (κ3) is 8.28. The summed E-state index contributed by atoms with van der Waals surface area (Å²) in [6, 6.07) is 6.79. The fourth-order valence-electron chi connectivity index (χ4n) is 2.20. The topological polar surface area (TPSA) is 58.5 Å². The van der Waals surface area contributed by atoms with Gasteiger partial charge in [-0.3, -0.25) is 4.99 Å². The lowest BCUT2D eigenvalue weighted by Gasteiger charge is -2.12. The zero-order valence-corrected chi connectivity index (χ0v) is 16.0. The van der Waals surface area contributed by atoms with Crippen molar-refractivity contribution >= 4 is 17.3 Å². The molecule has 0 aliphatic rings. The van der Waals surface area contributed by atoms with Crippen molar-refractivity contribution in [3.05, 3.63) is 51.5 Å². The maximum Gasteiger partial charge on any atom is 0.434 e. The maximum absolute atomic E-state index is 12.6. The van der Waals surface area contributed by atoms with Crippen molar-refractivity contribution in [3.63, 3.8) is 0 Å². The molecule has 0 spiro atoms. The Hall–Kier alpha value is -2.34. The van der Waals surface area contributed by atoms with Crippen molar-refractivity contribution in [1.29, 1.82) is 0 Å². The molecule has 29 heavy (non-hydrogen) atoms. The predicted octanol–water partition coefficient (Wildman–Crippen LogP) is 4.11. The van der Waals surface area contributed by atoms with Gasteiger partial charge in [0.2, 0.25) is 0 Å². The van der Waals surface area contributed by atoms with Crippen LogP contribution in [0.25, 0.3) is 0 Å². The predicted molar refractivity (Wildman–Crippen MR) is 96.3 cm³/mol. The van der Waals surface area contributed by atoms with Gasteiger partial charge in [0.25, 0.3) is 0 Å². The Morgan fingerprint density at radius 2 is 1.79 bits per heavy atom. The zero-order valence-electron chi connectivity index (χ0n) is 15.2. The first-order chi connectivity index (χ1) is 13.6. The lowest BCUT2D eigenvalue weighted by molar-refractivity contribution is -0.176. The molecule has 12 heteroatoms. The molecule has 2 rings (SSSR count). The van der Waals surface area contributed by atoms with E-state index in [0.717, 1.165) is 22.3 Å². The third-order valence-electron chi connectivity index (χ3n) is 3.46. The van der Waals surface area contributed by atoms with Gasteiger partial charge in [0, 0.05) is 19.0 Å². The number of alkyl halides is 6. The smallest absolute Gasteiger partial charge is 0.367 e. The van der Waals surface area contributed by atoms with E-state index in [1.807, 2.05) is 0 Å². The molecule has 0 fully saturated rings. The van der Waals surface area contributed by atoms with Crippen molar-refractivity contribution in [2.45, 2.75) is 32.0 Å². The Labute approximate surface area is 166 Å². The van der Waals surface area contributed by atoms with Crippen LogP contribution in [0.5, 0.6) is 0 Å². The van der Waals surface area contributed by atoms with Gasteiger partial charge in [0.1, 0.15) is 11.6 Å². The molecule has 0 aliphatic carbocycles. The number of hydrogen-bond acceptors (Lipinski definition) is 4. The Balaban J connectivity index is 1.83. The van der Waals surface area contributed by atoms with Crippen LogP contribution < -0.4 is 10.6 Å². The van der Waals surface area contributed by atoms with Crippen LogP contribution in [0, 0.1) is 0 Å². The Kier molecular flexibility index (Phi) is 7.85. The number of halogens is 6. The number of ether oxygens (including phenoxy) is 1. The fourth-order valence-corrected chi connectivity index (χ4v) is 2.94. The molecular weight excluding hydrogens is 422 g/mol. The molecule has 1 aromatic heterocycles. The molecule has 0 saturated heterocycles. The second-order valence-corrected chi connectivity index (χ2v) is 6.77. The van der Waals surface area contributed by atoms with E-state index in [1.54, 1.807) is 24.3 Å². The summed E-state index contributed by atoms with van der Waals surface area (Å²) in [7, 11) is 1.50. The van der Waals surface area contributed by atoms with E-state index in [0.29, 0.717) is 18.1 Å². The molecule has 2 aromatic rings. The van der Waals surface area contributed by atoms with E-state index in [2.05, 4.69) is 25.3 Å². The van der Waals surface area contributed by atoms with E-state index in [4.69, 9.17) is 0 Å². The molecule has 160 valence electrons. The number of rotatable bonds is 7. The highest BCUT2D eigenvalue weighted by Crippen LogP contribution is 2.29. The third-order valence-corrected chi connectivity index (χ3v) is 4.31. The average molecular weight is 440 g/mol. The van der Waals surface area contributed by atoms with Gasteiger partial charge < -0.3 is 15.4 Å². The summed E-state index contributed by atoms with van der Waals surface area (Å²) >= 11 is 0.884. The molecule has 0 amide bonds. The van der Waals surface area contributed by atoms with Gasteiger partial charge in [-0.15, -0.1) is 11.3 Å². The summed E-state index contributed by atoms with van der Waals surface area (Å²) in [6.45, 7) is -1.13. The second-order valence-electron chi connectivity index (χ2n) is 5.83. The minimum atomic E-state index is -4.48. The van der Waals surface area contributed by atoms with Gasteiger partial charge in [-0.1, -0.05) is 24.3 Å². The quantitative estimate of drug-likeness (QED) is 0.387. The number of aromatic nitrogens is 1. The number of guanidine groups is 1. The summed E-state index contributed by atoms with van der Waals surface area (Å²) in [5, 5.41) is 7.03. The van der Waals surface area contributed by atoms with Crippen molar-refractivity contribution in [2.24, 2.45) is 4.99 Å². The summed E-state index contributed by atoms with van der Waals surface area (Å²) in [5.74, 6) is 0.340. The van der Waals surface area contributed by atoms with Crippen molar-refractivity contribution < 1.29 is 31.1 Å². The lowest BCUT2D eigenvalue weighted by atomic mass is 10.1. The van der Waals surface area contributed by atoms with E-state index in [-0.39, 0.29) is 18.2 Å². The van der Waals surface area contributed by atoms with Crippen LogP contribution in [0.3, 0.4) is 0 Å². The van der Waals surface area contributed by atoms with Crippen molar-refractivity contribution in [1.82, 2.24) is 15.6 Å². The molecule has 0 atom stereocenters. The van der Waals surface area contributed by atoms with Crippen molar-refractivity contribution in [3.8, 4) is 0 Å². The van der Waals surface area contributed by atoms with Crippen LogP contribution in [-0.4, -0.2) is 30.8 Å². The van der Waals surface area contributed by atoms with Gasteiger partial charge in [0.15, 0.2) is 11.7 Å². The maximum atomic E-state index is 12.6. The van der Waals surface area contributed by atoms with Gasteiger partial charge >= 0.3 is 12.4 Å². The molecule has 0 aliphatic heterocycles. The largest absolute Gasteiger partial charge is 0.434 e. The number of aliphatic imine (C=N–C) groups is 1. The zero-order chi connectivity index (χ0) is 21.5. The van der Waals surface area contributed by atoms with E-state index in [9.17, 15) is 26.3 Å². The highest BCUT2D eigenvalue weighted by molar-refractivity contribution is 7.09. The van der Waals surface area contributed by atoms with E-state index >= 15 is 0 Å². The molecule has 0 radical (unpaired) electrons. The van der Waals surface area contributed by atoms with Crippen LogP contribution in [0.1, 0.15) is 21.8 Å². The minimum absolute atomic E-state index is 0.0613. The second kappa shape index (κ2) is 9.92. The number of nitrogens with one attached hydrogen (secondary N) is 2. The summed E-state index contributed by atoms with van der Waals surface area (Å²) in [4.78, 5) is 7.49. The van der Waals surface area contributed by atoms with Gasteiger partial charge in [0.05, 0.1) is 13.2 Å². The SMILES string of the molecule is CN=C(NCc1cccc(COCC(F)(F)F)c1)NCc1nc(C(F)(F)F)cs1. The number of nitrogens with zero attached hydrogens (tertiary/aromatic N) is 2. The van der Waals surface area contributed by atoms with Gasteiger partial charge in [-0.25, -0.2) is 4.98 Å². The van der Waals surface area contributed by atoms with Gasteiger partial charge in [-0.05, 0) is 11.1 Å². The molecule has 5 nitrogen and oxygen atoms in total. The highest BCUT2D eigenvalue weighted by Gasteiger charge is 2.33. The Bertz CT molecular complexity index is 819. The number of thiazole rings is 1. The molecule has 0 bridgehead atoms. The van der Waals surface area contributed by atoms with Gasteiger partial charge in [-0.2, -0.15) is 26.3 Å². The van der Waals surface area contributed by atoms with Crippen LogP contribution >= 0.6 is 11.3 Å². The molecule has 1 aromatic carbocycles. The van der Waals surface area contributed by atoms with Crippen LogP contribution in [0.2, 0.25) is 0 Å². The average Bonchev–Trinajstić information content (AvgIpc) is 3.11. The summed E-state index contributed by atoms with van der Waals surface area (Å²) < 4.78 is 78.7. The Morgan fingerprint density at radius 1 is 1.10 bits per heavy atom. The molecule has 0 unspecified atom stereocenters. The number of hydrogen-bond donors (Lipinski definition) is 2. The Morgan fingerprint density at radius 3 is 2.41 bits per heavy atom. The lowest BCUT2D eigenvalue weighted by Crippen LogP contribution is -2.36. The molecule has 2 N–H and O–H groups in total. The van der Waals surface area contributed by atoms with Crippen LogP contribution in [0.4, 0.5) is 26.3 Å². The first-order valence-corrected chi connectivity index (χ1v) is 9.13.